The Morgan fingerprint density at radius 3 is 2.18 bits per heavy atom. The third-order valence-corrected chi connectivity index (χ3v) is 7.75. The third-order valence-electron chi connectivity index (χ3n) is 6.41. The third kappa shape index (κ3) is 4.44. The second kappa shape index (κ2) is 9.74. The fourth-order valence-electron chi connectivity index (χ4n) is 3.98. The van der Waals surface area contributed by atoms with Crippen LogP contribution in [0.2, 0.25) is 0 Å². The summed E-state index contributed by atoms with van der Waals surface area (Å²) in [6.45, 7) is 10.6. The standard InChI is InChI=1S/C26H29N3O4S/c1-13-14(2)16(4)19(17(5)15(13)3)11-18-9-10-21(33-18)24(30)28-22-20(12-27)25(29(6)7)34-23(22)26(31)32-8/h9-10H,11H2,1-8H3,(H,28,30). The lowest BCUT2D eigenvalue weighted by atomic mass is 9.88. The van der Waals surface area contributed by atoms with Crippen LogP contribution in [0.15, 0.2) is 16.5 Å². The highest BCUT2D eigenvalue weighted by molar-refractivity contribution is 7.18. The van der Waals surface area contributed by atoms with Crippen LogP contribution < -0.4 is 10.2 Å². The van der Waals surface area contributed by atoms with Gasteiger partial charge in [-0.15, -0.1) is 11.3 Å². The van der Waals surface area contributed by atoms with Crippen molar-refractivity contribution in [1.29, 1.82) is 5.26 Å². The Kier molecular flexibility index (Phi) is 7.18. The summed E-state index contributed by atoms with van der Waals surface area (Å²) in [5.74, 6) is -0.406. The molecule has 0 saturated carbocycles. The van der Waals surface area contributed by atoms with Crippen LogP contribution in [-0.4, -0.2) is 33.1 Å². The number of hydrogen-bond acceptors (Lipinski definition) is 7. The molecule has 8 heteroatoms. The first kappa shape index (κ1) is 25.1. The SMILES string of the molecule is COC(=O)c1sc(N(C)C)c(C#N)c1NC(=O)c1ccc(Cc2c(C)c(C)c(C)c(C)c2C)o1. The number of hydrogen-bond donors (Lipinski definition) is 1. The summed E-state index contributed by atoms with van der Waals surface area (Å²) >= 11 is 1.09. The second-order valence-electron chi connectivity index (χ2n) is 8.48. The van der Waals surface area contributed by atoms with E-state index in [1.165, 1.54) is 40.5 Å². The summed E-state index contributed by atoms with van der Waals surface area (Å²) in [5.41, 5.74) is 7.77. The number of anilines is 2. The maximum atomic E-state index is 13.0. The lowest BCUT2D eigenvalue weighted by Gasteiger charge is -2.18. The lowest BCUT2D eigenvalue weighted by Crippen LogP contribution is -2.14. The highest BCUT2D eigenvalue weighted by Gasteiger charge is 2.27. The number of ether oxygens (including phenoxy) is 1. The average molecular weight is 480 g/mol. The number of amides is 1. The fourth-order valence-corrected chi connectivity index (χ4v) is 5.03. The normalized spacial score (nSPS) is 10.7. The van der Waals surface area contributed by atoms with Crippen molar-refractivity contribution >= 4 is 33.9 Å². The first-order valence-electron chi connectivity index (χ1n) is 10.8. The van der Waals surface area contributed by atoms with Gasteiger partial charge in [0, 0.05) is 20.5 Å². The van der Waals surface area contributed by atoms with Gasteiger partial charge in [-0.1, -0.05) is 0 Å². The average Bonchev–Trinajstić information content (AvgIpc) is 3.43. The Hall–Kier alpha value is -3.57. The topological polar surface area (TPSA) is 95.6 Å². The number of esters is 1. The zero-order chi connectivity index (χ0) is 25.3. The van der Waals surface area contributed by atoms with Gasteiger partial charge in [0.1, 0.15) is 27.3 Å². The van der Waals surface area contributed by atoms with Gasteiger partial charge in [0.05, 0.1) is 12.8 Å². The molecule has 1 amide bonds. The number of benzene rings is 1. The zero-order valence-electron chi connectivity index (χ0n) is 20.8. The number of methoxy groups -OCH3 is 1. The molecule has 0 bridgehead atoms. The van der Waals surface area contributed by atoms with Gasteiger partial charge in [0.25, 0.3) is 5.91 Å². The predicted octanol–water partition coefficient (Wildman–Crippen LogP) is 5.45. The molecule has 0 fully saturated rings. The van der Waals surface area contributed by atoms with E-state index in [1.807, 2.05) is 0 Å². The molecule has 7 nitrogen and oxygen atoms in total. The summed E-state index contributed by atoms with van der Waals surface area (Å²) in [6.07, 6.45) is 0.562. The summed E-state index contributed by atoms with van der Waals surface area (Å²) in [4.78, 5) is 27.2. The Bertz CT molecular complexity index is 1300. The lowest BCUT2D eigenvalue weighted by molar-refractivity contribution is 0.0607. The monoisotopic (exact) mass is 479 g/mol. The number of thiophene rings is 1. The fraction of sp³-hybridized carbons (Fsp3) is 0.346. The second-order valence-corrected chi connectivity index (χ2v) is 9.48. The number of nitrogens with one attached hydrogen (secondary N) is 1. The molecule has 0 unspecified atom stereocenters. The minimum absolute atomic E-state index is 0.100. The van der Waals surface area contributed by atoms with Crippen molar-refractivity contribution in [3.05, 3.63) is 67.5 Å². The minimum Gasteiger partial charge on any atom is -0.465 e. The molecule has 3 aromatic rings. The van der Waals surface area contributed by atoms with Gasteiger partial charge in [0.2, 0.25) is 0 Å². The number of furan rings is 1. The summed E-state index contributed by atoms with van der Waals surface area (Å²) in [7, 11) is 4.78. The van der Waals surface area contributed by atoms with E-state index in [0.717, 1.165) is 11.3 Å². The first-order valence-corrected chi connectivity index (χ1v) is 11.6. The van der Waals surface area contributed by atoms with E-state index in [9.17, 15) is 14.9 Å². The van der Waals surface area contributed by atoms with Crippen LogP contribution in [0.3, 0.4) is 0 Å². The Balaban J connectivity index is 1.92. The molecule has 3 rings (SSSR count). The highest BCUT2D eigenvalue weighted by atomic mass is 32.1. The van der Waals surface area contributed by atoms with Gasteiger partial charge in [-0.2, -0.15) is 5.26 Å². The molecule has 34 heavy (non-hydrogen) atoms. The zero-order valence-corrected chi connectivity index (χ0v) is 21.6. The van der Waals surface area contributed by atoms with Crippen molar-refractivity contribution < 1.29 is 18.7 Å². The Morgan fingerprint density at radius 2 is 1.65 bits per heavy atom. The number of carbonyl (C=O) groups is 2. The van der Waals surface area contributed by atoms with Crippen LogP contribution in [-0.2, 0) is 11.2 Å². The Morgan fingerprint density at radius 1 is 1.06 bits per heavy atom. The minimum atomic E-state index is -0.624. The quantitative estimate of drug-likeness (QED) is 0.472. The van der Waals surface area contributed by atoms with Crippen molar-refractivity contribution in [3.63, 3.8) is 0 Å². The van der Waals surface area contributed by atoms with Crippen LogP contribution in [0, 0.1) is 45.9 Å². The van der Waals surface area contributed by atoms with Crippen molar-refractivity contribution in [2.45, 2.75) is 41.0 Å². The van der Waals surface area contributed by atoms with E-state index in [2.05, 4.69) is 46.0 Å². The predicted molar refractivity (Wildman–Crippen MR) is 134 cm³/mol. The molecule has 1 N–H and O–H groups in total. The van der Waals surface area contributed by atoms with Crippen molar-refractivity contribution in [1.82, 2.24) is 0 Å². The molecule has 0 atom stereocenters. The van der Waals surface area contributed by atoms with Crippen LogP contribution in [0.4, 0.5) is 10.7 Å². The van der Waals surface area contributed by atoms with Crippen molar-refractivity contribution in [2.24, 2.45) is 0 Å². The molecule has 0 saturated heterocycles. The molecule has 0 aliphatic carbocycles. The van der Waals surface area contributed by atoms with Gasteiger partial charge in [-0.3, -0.25) is 4.79 Å². The number of nitrogens with zero attached hydrogens (tertiary/aromatic N) is 2. The molecular formula is C26H29N3O4S. The molecular weight excluding hydrogens is 450 g/mol. The number of carbonyl (C=O) groups excluding carboxylic acids is 2. The van der Waals surface area contributed by atoms with E-state index in [1.54, 1.807) is 31.1 Å². The molecule has 2 aromatic heterocycles. The van der Waals surface area contributed by atoms with Gasteiger partial charge in [-0.05, 0) is 80.1 Å². The maximum absolute atomic E-state index is 13.0. The molecule has 0 spiro atoms. The van der Waals surface area contributed by atoms with Crippen LogP contribution in [0.5, 0.6) is 0 Å². The highest BCUT2D eigenvalue weighted by Crippen LogP contribution is 2.39. The number of rotatable bonds is 6. The van der Waals surface area contributed by atoms with Gasteiger partial charge >= 0.3 is 5.97 Å². The number of nitriles is 1. The van der Waals surface area contributed by atoms with E-state index < -0.39 is 11.9 Å². The summed E-state index contributed by atoms with van der Waals surface area (Å²) < 4.78 is 10.7. The van der Waals surface area contributed by atoms with Crippen LogP contribution >= 0.6 is 11.3 Å². The van der Waals surface area contributed by atoms with Crippen molar-refractivity contribution in [2.75, 3.05) is 31.4 Å². The molecule has 178 valence electrons. The Labute approximate surface area is 203 Å². The smallest absolute Gasteiger partial charge is 0.350 e. The first-order chi connectivity index (χ1) is 16.0. The van der Waals surface area contributed by atoms with Crippen LogP contribution in [0.1, 0.15) is 64.9 Å². The molecule has 2 heterocycles. The van der Waals surface area contributed by atoms with Crippen LogP contribution in [0.25, 0.3) is 0 Å². The molecule has 1 aromatic carbocycles. The summed E-state index contributed by atoms with van der Waals surface area (Å²) in [6, 6.07) is 5.47. The van der Waals surface area contributed by atoms with Gasteiger partial charge in [0.15, 0.2) is 5.76 Å². The van der Waals surface area contributed by atoms with E-state index in [4.69, 9.17) is 9.15 Å². The van der Waals surface area contributed by atoms with E-state index in [-0.39, 0.29) is 21.9 Å². The molecule has 0 radical (unpaired) electrons. The van der Waals surface area contributed by atoms with Crippen molar-refractivity contribution in [3.8, 4) is 6.07 Å². The summed E-state index contributed by atoms with van der Waals surface area (Å²) in [5, 5.41) is 12.9. The molecule has 0 aliphatic heterocycles. The van der Waals surface area contributed by atoms with E-state index in [0.29, 0.717) is 17.2 Å². The largest absolute Gasteiger partial charge is 0.465 e. The van der Waals surface area contributed by atoms with E-state index >= 15 is 0 Å². The maximum Gasteiger partial charge on any atom is 0.350 e. The van der Waals surface area contributed by atoms with Gasteiger partial charge in [-0.25, -0.2) is 4.79 Å². The molecule has 0 aliphatic rings. The van der Waals surface area contributed by atoms with Gasteiger partial charge < -0.3 is 19.4 Å².